The molecular formula is C13H27NO2S. The topological polar surface area (TPSA) is 46.2 Å². The third-order valence-electron chi connectivity index (χ3n) is 3.97. The molecule has 1 saturated carbocycles. The van der Waals surface area contributed by atoms with Gasteiger partial charge < -0.3 is 5.32 Å². The highest BCUT2D eigenvalue weighted by molar-refractivity contribution is 7.92. The predicted octanol–water partition coefficient (Wildman–Crippen LogP) is 2.37. The van der Waals surface area contributed by atoms with Crippen LogP contribution in [0.3, 0.4) is 0 Å². The monoisotopic (exact) mass is 261 g/mol. The van der Waals surface area contributed by atoms with E-state index in [0.717, 1.165) is 6.42 Å². The lowest BCUT2D eigenvalue weighted by Gasteiger charge is -2.32. The summed E-state index contributed by atoms with van der Waals surface area (Å²) in [6, 6.07) is 0.513. The normalized spacial score (nSPS) is 27.1. The van der Waals surface area contributed by atoms with Crippen LogP contribution in [-0.2, 0) is 9.84 Å². The van der Waals surface area contributed by atoms with E-state index in [1.54, 1.807) is 20.8 Å². The first-order chi connectivity index (χ1) is 7.78. The second-order valence-corrected chi connectivity index (χ2v) is 9.02. The van der Waals surface area contributed by atoms with Gasteiger partial charge in [0.15, 0.2) is 9.84 Å². The standard InChI is InChI=1S/C13H27NO2S/c1-13(2,3)17(15,16)10-9-11-7-5-6-8-12(11)14-4/h11-12,14H,5-10H2,1-4H3. The van der Waals surface area contributed by atoms with E-state index in [9.17, 15) is 8.42 Å². The van der Waals surface area contributed by atoms with Gasteiger partial charge in [-0.25, -0.2) is 8.42 Å². The van der Waals surface area contributed by atoms with Crippen LogP contribution in [0, 0.1) is 5.92 Å². The Labute approximate surface area is 106 Å². The van der Waals surface area contributed by atoms with Crippen LogP contribution in [0.15, 0.2) is 0 Å². The van der Waals surface area contributed by atoms with Gasteiger partial charge in [-0.1, -0.05) is 12.8 Å². The van der Waals surface area contributed by atoms with Gasteiger partial charge in [0.25, 0.3) is 0 Å². The van der Waals surface area contributed by atoms with Crippen LogP contribution in [0.25, 0.3) is 0 Å². The third-order valence-corrected chi connectivity index (χ3v) is 6.61. The molecule has 0 aromatic carbocycles. The summed E-state index contributed by atoms with van der Waals surface area (Å²) < 4.78 is 23.5. The van der Waals surface area contributed by atoms with E-state index in [0.29, 0.717) is 17.7 Å². The molecule has 0 aliphatic heterocycles. The molecular weight excluding hydrogens is 234 g/mol. The van der Waals surface area contributed by atoms with Gasteiger partial charge in [0.2, 0.25) is 0 Å². The zero-order chi connectivity index (χ0) is 13.1. The Morgan fingerprint density at radius 3 is 2.29 bits per heavy atom. The van der Waals surface area contributed by atoms with E-state index in [2.05, 4.69) is 5.32 Å². The molecule has 1 aliphatic carbocycles. The quantitative estimate of drug-likeness (QED) is 0.845. The number of sulfone groups is 1. The summed E-state index contributed by atoms with van der Waals surface area (Å²) in [4.78, 5) is 0. The third kappa shape index (κ3) is 3.95. The van der Waals surface area contributed by atoms with Gasteiger partial charge in [0.1, 0.15) is 0 Å². The number of rotatable bonds is 4. The highest BCUT2D eigenvalue weighted by atomic mass is 32.2. The first-order valence-electron chi connectivity index (χ1n) is 6.67. The van der Waals surface area contributed by atoms with Crippen LogP contribution >= 0.6 is 0 Å². The molecule has 4 heteroatoms. The first-order valence-corrected chi connectivity index (χ1v) is 8.33. The van der Waals surface area contributed by atoms with Crippen molar-refractivity contribution >= 4 is 9.84 Å². The largest absolute Gasteiger partial charge is 0.317 e. The Kier molecular flexibility index (Phi) is 5.02. The summed E-state index contributed by atoms with van der Waals surface area (Å²) in [5.74, 6) is 0.866. The highest BCUT2D eigenvalue weighted by Crippen LogP contribution is 2.28. The second-order valence-electron chi connectivity index (χ2n) is 6.16. The van der Waals surface area contributed by atoms with Gasteiger partial charge in [-0.15, -0.1) is 0 Å². The van der Waals surface area contributed by atoms with Crippen LogP contribution < -0.4 is 5.32 Å². The maximum absolute atomic E-state index is 12.1. The molecule has 1 rings (SSSR count). The molecule has 2 unspecified atom stereocenters. The van der Waals surface area contributed by atoms with E-state index in [4.69, 9.17) is 0 Å². The molecule has 1 fully saturated rings. The van der Waals surface area contributed by atoms with Crippen molar-refractivity contribution in [2.24, 2.45) is 5.92 Å². The van der Waals surface area contributed by atoms with Crippen molar-refractivity contribution in [1.82, 2.24) is 5.32 Å². The molecule has 17 heavy (non-hydrogen) atoms. The van der Waals surface area contributed by atoms with Gasteiger partial charge in [-0.2, -0.15) is 0 Å². The molecule has 1 aliphatic rings. The van der Waals surface area contributed by atoms with Crippen molar-refractivity contribution in [2.75, 3.05) is 12.8 Å². The lowest BCUT2D eigenvalue weighted by atomic mass is 9.83. The summed E-state index contributed by atoms with van der Waals surface area (Å²) in [7, 11) is -0.969. The molecule has 0 saturated heterocycles. The Hall–Kier alpha value is -0.0900. The van der Waals surface area contributed by atoms with E-state index in [1.807, 2.05) is 7.05 Å². The van der Waals surface area contributed by atoms with Gasteiger partial charge in [0, 0.05) is 6.04 Å². The smallest absolute Gasteiger partial charge is 0.155 e. The zero-order valence-electron chi connectivity index (χ0n) is 11.6. The maximum Gasteiger partial charge on any atom is 0.155 e. The van der Waals surface area contributed by atoms with Crippen molar-refractivity contribution in [3.05, 3.63) is 0 Å². The molecule has 1 N–H and O–H groups in total. The fraction of sp³-hybridized carbons (Fsp3) is 1.00. The summed E-state index contributed by atoms with van der Waals surface area (Å²) >= 11 is 0. The molecule has 0 spiro atoms. The Morgan fingerprint density at radius 2 is 1.76 bits per heavy atom. The molecule has 2 atom stereocenters. The second kappa shape index (κ2) is 5.70. The average Bonchev–Trinajstić information content (AvgIpc) is 2.25. The number of hydrogen-bond donors (Lipinski definition) is 1. The van der Waals surface area contributed by atoms with Crippen LogP contribution in [0.1, 0.15) is 52.9 Å². The van der Waals surface area contributed by atoms with Crippen molar-refractivity contribution in [1.29, 1.82) is 0 Å². The van der Waals surface area contributed by atoms with Crippen molar-refractivity contribution in [2.45, 2.75) is 63.7 Å². The molecule has 0 heterocycles. The lowest BCUT2D eigenvalue weighted by molar-refractivity contribution is 0.268. The maximum atomic E-state index is 12.1. The van der Waals surface area contributed by atoms with Crippen molar-refractivity contribution in [3.63, 3.8) is 0 Å². The summed E-state index contributed by atoms with van der Waals surface area (Å²) in [6.07, 6.45) is 5.69. The van der Waals surface area contributed by atoms with E-state index in [1.165, 1.54) is 25.7 Å². The van der Waals surface area contributed by atoms with Crippen LogP contribution in [-0.4, -0.2) is 32.0 Å². The summed E-state index contributed by atoms with van der Waals surface area (Å²) in [6.45, 7) is 5.37. The lowest BCUT2D eigenvalue weighted by Crippen LogP contribution is -2.38. The van der Waals surface area contributed by atoms with Crippen LogP contribution in [0.2, 0.25) is 0 Å². The predicted molar refractivity (Wildman–Crippen MR) is 73.0 cm³/mol. The van der Waals surface area contributed by atoms with Gasteiger partial charge in [-0.05, 0) is 53.0 Å². The molecule has 0 aromatic rings. The fourth-order valence-electron chi connectivity index (χ4n) is 2.55. The molecule has 0 amide bonds. The highest BCUT2D eigenvalue weighted by Gasteiger charge is 2.31. The van der Waals surface area contributed by atoms with Crippen LogP contribution in [0.4, 0.5) is 0 Å². The molecule has 0 bridgehead atoms. The number of hydrogen-bond acceptors (Lipinski definition) is 3. The zero-order valence-corrected chi connectivity index (χ0v) is 12.4. The Balaban J connectivity index is 2.55. The van der Waals surface area contributed by atoms with Gasteiger partial charge >= 0.3 is 0 Å². The Morgan fingerprint density at radius 1 is 1.18 bits per heavy atom. The molecule has 0 aromatic heterocycles. The minimum Gasteiger partial charge on any atom is -0.317 e. The van der Waals surface area contributed by atoms with E-state index in [-0.39, 0.29) is 0 Å². The fourth-order valence-corrected chi connectivity index (χ4v) is 3.77. The minimum atomic E-state index is -2.96. The minimum absolute atomic E-state index is 0.333. The SMILES string of the molecule is CNC1CCCCC1CCS(=O)(=O)C(C)(C)C. The molecule has 102 valence electrons. The van der Waals surface area contributed by atoms with Gasteiger partial charge in [-0.3, -0.25) is 0 Å². The number of nitrogens with one attached hydrogen (secondary N) is 1. The van der Waals surface area contributed by atoms with Crippen LogP contribution in [0.5, 0.6) is 0 Å². The van der Waals surface area contributed by atoms with E-state index >= 15 is 0 Å². The Bertz CT molecular complexity index is 330. The first kappa shape index (κ1) is 15.0. The average molecular weight is 261 g/mol. The summed E-state index contributed by atoms with van der Waals surface area (Å²) in [5, 5.41) is 3.33. The molecule has 3 nitrogen and oxygen atoms in total. The van der Waals surface area contributed by atoms with Gasteiger partial charge in [0.05, 0.1) is 10.5 Å². The van der Waals surface area contributed by atoms with Crippen molar-refractivity contribution in [3.8, 4) is 0 Å². The molecule has 0 radical (unpaired) electrons. The van der Waals surface area contributed by atoms with Crippen molar-refractivity contribution < 1.29 is 8.42 Å². The van der Waals surface area contributed by atoms with E-state index < -0.39 is 14.6 Å². The summed E-state index contributed by atoms with van der Waals surface area (Å²) in [5.41, 5.74) is 0.